The molecule has 0 saturated heterocycles. The normalized spacial score (nSPS) is 10.5. The van der Waals surface area contributed by atoms with Gasteiger partial charge in [0.05, 0.1) is 7.11 Å². The lowest BCUT2D eigenvalue weighted by Gasteiger charge is -2.08. The third kappa shape index (κ3) is 4.85. The number of ether oxygens (including phenoxy) is 1. The molecule has 3 nitrogen and oxygen atoms in total. The van der Waals surface area contributed by atoms with Gasteiger partial charge in [0.2, 0.25) is 5.91 Å². The molecule has 0 rings (SSSR count). The summed E-state index contributed by atoms with van der Waals surface area (Å²) in [6.07, 6.45) is 3.31. The average molecular weight is 181 g/mol. The van der Waals surface area contributed by atoms with Crippen molar-refractivity contribution in [2.75, 3.05) is 13.7 Å². The summed E-state index contributed by atoms with van der Waals surface area (Å²) in [6.45, 7) is 9.15. The van der Waals surface area contributed by atoms with Gasteiger partial charge in [0.15, 0.2) is 0 Å². The first-order valence-electron chi connectivity index (χ1n) is 3.91. The van der Waals surface area contributed by atoms with Crippen molar-refractivity contribution in [2.24, 2.45) is 0 Å². The number of methoxy groups -OCH3 is 1. The Balaban J connectivity index is 4.15. The van der Waals surface area contributed by atoms with Crippen LogP contribution >= 0.6 is 0 Å². The van der Waals surface area contributed by atoms with Crippen LogP contribution in [0.1, 0.15) is 6.92 Å². The monoisotopic (exact) mass is 181 g/mol. The van der Waals surface area contributed by atoms with Gasteiger partial charge in [0.25, 0.3) is 0 Å². The fourth-order valence-corrected chi connectivity index (χ4v) is 0.756. The first-order valence-corrected chi connectivity index (χ1v) is 3.91. The molecule has 13 heavy (non-hydrogen) atoms. The van der Waals surface area contributed by atoms with E-state index < -0.39 is 0 Å². The maximum atomic E-state index is 10.6. The molecule has 0 atom stereocenters. The Morgan fingerprint density at radius 1 is 1.62 bits per heavy atom. The number of allylic oxidation sites excluding steroid dienone is 2. The van der Waals surface area contributed by atoms with Gasteiger partial charge in [0, 0.05) is 19.0 Å². The van der Waals surface area contributed by atoms with Crippen molar-refractivity contribution >= 4 is 5.91 Å². The first-order chi connectivity index (χ1) is 6.11. The molecular weight excluding hydrogens is 166 g/mol. The molecule has 0 aliphatic rings. The highest BCUT2D eigenvalue weighted by atomic mass is 16.5. The Morgan fingerprint density at radius 3 is 2.62 bits per heavy atom. The third-order valence-electron chi connectivity index (χ3n) is 1.39. The summed E-state index contributed by atoms with van der Waals surface area (Å²) in [5.74, 6) is 0.541. The van der Waals surface area contributed by atoms with Crippen LogP contribution in [0.25, 0.3) is 0 Å². The summed E-state index contributed by atoms with van der Waals surface area (Å²) in [6, 6.07) is 0. The standard InChI is InChI=1S/C10H15NO2/c1-5-6-10(13-4)8(2)7-11-9(3)12/h5-6H,1-2,7H2,3-4H3,(H,11,12)/b10-6+. The molecule has 3 heteroatoms. The average Bonchev–Trinajstić information content (AvgIpc) is 2.10. The molecule has 1 N–H and O–H groups in total. The quantitative estimate of drug-likeness (QED) is 0.514. The number of hydrogen-bond donors (Lipinski definition) is 1. The molecule has 0 spiro atoms. The molecule has 0 aromatic heterocycles. The van der Waals surface area contributed by atoms with Crippen LogP contribution in [-0.2, 0) is 9.53 Å². The van der Waals surface area contributed by atoms with Crippen molar-refractivity contribution < 1.29 is 9.53 Å². The number of carbonyl (C=O) groups is 1. The van der Waals surface area contributed by atoms with Crippen LogP contribution in [0.5, 0.6) is 0 Å². The highest BCUT2D eigenvalue weighted by molar-refractivity contribution is 5.73. The van der Waals surface area contributed by atoms with Crippen LogP contribution < -0.4 is 5.32 Å². The minimum absolute atomic E-state index is 0.0878. The van der Waals surface area contributed by atoms with Gasteiger partial charge in [-0.25, -0.2) is 0 Å². The van der Waals surface area contributed by atoms with E-state index in [9.17, 15) is 4.79 Å². The van der Waals surface area contributed by atoms with Crippen LogP contribution in [0.2, 0.25) is 0 Å². The number of nitrogens with one attached hydrogen (secondary N) is 1. The zero-order valence-corrected chi connectivity index (χ0v) is 8.09. The van der Waals surface area contributed by atoms with E-state index in [0.29, 0.717) is 12.3 Å². The molecule has 0 fully saturated rings. The summed E-state index contributed by atoms with van der Waals surface area (Å²) in [7, 11) is 1.55. The summed E-state index contributed by atoms with van der Waals surface area (Å²) in [4.78, 5) is 10.6. The maximum Gasteiger partial charge on any atom is 0.217 e. The fourth-order valence-electron chi connectivity index (χ4n) is 0.756. The minimum Gasteiger partial charge on any atom is -0.496 e. The summed E-state index contributed by atoms with van der Waals surface area (Å²) in [5, 5.41) is 2.62. The van der Waals surface area contributed by atoms with E-state index in [1.54, 1.807) is 19.3 Å². The first kappa shape index (κ1) is 11.5. The number of amides is 1. The molecule has 0 aliphatic heterocycles. The van der Waals surface area contributed by atoms with Gasteiger partial charge in [-0.15, -0.1) is 0 Å². The van der Waals surface area contributed by atoms with Crippen molar-refractivity contribution in [3.8, 4) is 0 Å². The fraction of sp³-hybridized carbons (Fsp3) is 0.300. The van der Waals surface area contributed by atoms with Gasteiger partial charge >= 0.3 is 0 Å². The van der Waals surface area contributed by atoms with Gasteiger partial charge in [-0.3, -0.25) is 4.79 Å². The van der Waals surface area contributed by atoms with Gasteiger partial charge in [0.1, 0.15) is 5.76 Å². The molecular formula is C10H15NO2. The Morgan fingerprint density at radius 2 is 2.23 bits per heavy atom. The van der Waals surface area contributed by atoms with Crippen LogP contribution in [0.4, 0.5) is 0 Å². The Labute approximate surface area is 78.8 Å². The predicted molar refractivity (Wildman–Crippen MR) is 53.1 cm³/mol. The molecule has 0 aliphatic carbocycles. The second kappa shape index (κ2) is 6.06. The second-order valence-electron chi connectivity index (χ2n) is 2.48. The van der Waals surface area contributed by atoms with E-state index in [1.165, 1.54) is 6.92 Å². The largest absolute Gasteiger partial charge is 0.496 e. The number of rotatable bonds is 5. The van der Waals surface area contributed by atoms with Gasteiger partial charge in [-0.05, 0) is 6.08 Å². The van der Waals surface area contributed by atoms with Crippen LogP contribution in [0.3, 0.4) is 0 Å². The topological polar surface area (TPSA) is 38.3 Å². The molecule has 0 aromatic carbocycles. The Hall–Kier alpha value is -1.51. The molecule has 72 valence electrons. The molecule has 0 unspecified atom stereocenters. The number of carbonyl (C=O) groups excluding carboxylic acids is 1. The zero-order chi connectivity index (χ0) is 10.3. The SMILES string of the molecule is C=C/C=C(/OC)C(=C)CNC(C)=O. The van der Waals surface area contributed by atoms with Gasteiger partial charge in [-0.2, -0.15) is 0 Å². The number of hydrogen-bond acceptors (Lipinski definition) is 2. The van der Waals surface area contributed by atoms with Crippen LogP contribution in [0, 0.1) is 0 Å². The highest BCUT2D eigenvalue weighted by Gasteiger charge is 2.01. The van der Waals surface area contributed by atoms with Gasteiger partial charge < -0.3 is 10.1 Å². The van der Waals surface area contributed by atoms with E-state index in [-0.39, 0.29) is 5.91 Å². The van der Waals surface area contributed by atoms with Crippen molar-refractivity contribution in [3.05, 3.63) is 36.6 Å². The Kier molecular flexibility index (Phi) is 5.35. The van der Waals surface area contributed by atoms with E-state index in [1.807, 2.05) is 0 Å². The Bertz CT molecular complexity index is 241. The minimum atomic E-state index is -0.0878. The third-order valence-corrected chi connectivity index (χ3v) is 1.39. The molecule has 0 bridgehead atoms. The molecule has 0 saturated carbocycles. The summed E-state index contributed by atoms with van der Waals surface area (Å²) < 4.78 is 5.02. The predicted octanol–water partition coefficient (Wildman–Crippen LogP) is 1.39. The molecule has 0 radical (unpaired) electrons. The highest BCUT2D eigenvalue weighted by Crippen LogP contribution is 2.06. The lowest BCUT2D eigenvalue weighted by atomic mass is 10.2. The van der Waals surface area contributed by atoms with E-state index in [4.69, 9.17) is 4.74 Å². The van der Waals surface area contributed by atoms with Crippen molar-refractivity contribution in [3.63, 3.8) is 0 Å². The van der Waals surface area contributed by atoms with Crippen molar-refractivity contribution in [1.82, 2.24) is 5.32 Å². The van der Waals surface area contributed by atoms with Crippen molar-refractivity contribution in [2.45, 2.75) is 6.92 Å². The zero-order valence-electron chi connectivity index (χ0n) is 8.09. The summed E-state index contributed by atoms with van der Waals surface area (Å²) in [5.41, 5.74) is 0.720. The van der Waals surface area contributed by atoms with Crippen molar-refractivity contribution in [1.29, 1.82) is 0 Å². The van der Waals surface area contributed by atoms with E-state index in [0.717, 1.165) is 5.57 Å². The second-order valence-corrected chi connectivity index (χ2v) is 2.48. The van der Waals surface area contributed by atoms with Gasteiger partial charge in [-0.1, -0.05) is 19.2 Å². The van der Waals surface area contributed by atoms with Crippen LogP contribution in [0.15, 0.2) is 36.6 Å². The maximum absolute atomic E-state index is 10.6. The molecule has 0 aromatic rings. The van der Waals surface area contributed by atoms with E-state index >= 15 is 0 Å². The van der Waals surface area contributed by atoms with Crippen LogP contribution in [-0.4, -0.2) is 19.6 Å². The molecule has 1 amide bonds. The molecule has 0 heterocycles. The van der Waals surface area contributed by atoms with E-state index in [2.05, 4.69) is 18.5 Å². The lowest BCUT2D eigenvalue weighted by Crippen LogP contribution is -2.22. The summed E-state index contributed by atoms with van der Waals surface area (Å²) >= 11 is 0. The smallest absolute Gasteiger partial charge is 0.217 e. The lowest BCUT2D eigenvalue weighted by molar-refractivity contribution is -0.118.